The Bertz CT molecular complexity index is 894. The van der Waals surface area contributed by atoms with Gasteiger partial charge in [0.15, 0.2) is 0 Å². The highest BCUT2D eigenvalue weighted by Gasteiger charge is 2.07. The fraction of sp³-hybridized carbons (Fsp3) is 0.0769. The van der Waals surface area contributed by atoms with Crippen LogP contribution in [0.2, 0.25) is 0 Å². The van der Waals surface area contributed by atoms with Crippen LogP contribution >= 0.6 is 0 Å². The van der Waals surface area contributed by atoms with Crippen LogP contribution in [0.4, 0.5) is 5.69 Å². The molecule has 0 aliphatic carbocycles. The maximum Gasteiger partial charge on any atom is 0.328 e. The van der Waals surface area contributed by atoms with Crippen LogP contribution in [0.15, 0.2) is 46.3 Å². The number of hydrogen-bond donors (Lipinski definition) is 1. The van der Waals surface area contributed by atoms with Crippen molar-refractivity contribution >= 4 is 11.8 Å². The second-order valence-corrected chi connectivity index (χ2v) is 4.50. The van der Waals surface area contributed by atoms with Crippen LogP contribution in [0.25, 0.3) is 6.08 Å². The summed E-state index contributed by atoms with van der Waals surface area (Å²) < 4.78 is 1.14. The number of nitro groups is 2. The summed E-state index contributed by atoms with van der Waals surface area (Å²) in [5, 5.41) is 20.9. The lowest BCUT2D eigenvalue weighted by atomic mass is 10.2. The summed E-state index contributed by atoms with van der Waals surface area (Å²) in [6, 6.07) is 5.53. The molecule has 0 amide bonds. The van der Waals surface area contributed by atoms with Crippen LogP contribution < -0.4 is 11.2 Å². The lowest BCUT2D eigenvalue weighted by Gasteiger charge is -2.06. The molecule has 0 saturated carbocycles. The maximum absolute atomic E-state index is 11.8. The van der Waals surface area contributed by atoms with Crippen LogP contribution in [0.1, 0.15) is 11.1 Å². The molecule has 0 fully saturated rings. The molecule has 1 heterocycles. The first-order valence-electron chi connectivity index (χ1n) is 6.25. The molecule has 10 heteroatoms. The van der Waals surface area contributed by atoms with E-state index in [0.717, 1.165) is 10.6 Å². The number of benzene rings is 1. The molecule has 0 saturated heterocycles. The maximum atomic E-state index is 11.8. The Morgan fingerprint density at radius 1 is 1.13 bits per heavy atom. The standard InChI is InChI=1S/C13H10N4O6/c18-12-10(5-6-16(20)21)8-15(13(19)14-12)7-9-1-3-11(4-2-9)17(22)23/h1-6,8H,7H2,(H,14,18,19)/b6-5+. The summed E-state index contributed by atoms with van der Waals surface area (Å²) in [4.78, 5) is 45.0. The Morgan fingerprint density at radius 3 is 2.35 bits per heavy atom. The third-order valence-corrected chi connectivity index (χ3v) is 2.91. The van der Waals surface area contributed by atoms with Crippen LogP contribution in [0, 0.1) is 20.2 Å². The van der Waals surface area contributed by atoms with E-state index in [1.54, 1.807) is 0 Å². The number of nitrogens with zero attached hydrogens (tertiary/aromatic N) is 3. The van der Waals surface area contributed by atoms with Crippen LogP contribution in [0.5, 0.6) is 0 Å². The molecule has 0 bridgehead atoms. The lowest BCUT2D eigenvalue weighted by Crippen LogP contribution is -2.31. The highest BCUT2D eigenvalue weighted by molar-refractivity contribution is 5.44. The molecule has 0 atom stereocenters. The Hall–Kier alpha value is -3.56. The van der Waals surface area contributed by atoms with Gasteiger partial charge < -0.3 is 0 Å². The molecule has 1 aromatic carbocycles. The van der Waals surface area contributed by atoms with Gasteiger partial charge in [0.25, 0.3) is 11.2 Å². The summed E-state index contributed by atoms with van der Waals surface area (Å²) in [5.41, 5.74) is -0.978. The minimum Gasteiger partial charge on any atom is -0.296 e. The lowest BCUT2D eigenvalue weighted by molar-refractivity contribution is -0.400. The van der Waals surface area contributed by atoms with Gasteiger partial charge in [0.1, 0.15) is 0 Å². The number of non-ortho nitro benzene ring substituents is 1. The first kappa shape index (κ1) is 15.8. The average molecular weight is 318 g/mol. The van der Waals surface area contributed by atoms with E-state index in [4.69, 9.17) is 0 Å². The summed E-state index contributed by atoms with van der Waals surface area (Å²) in [5.74, 6) is 0. The monoisotopic (exact) mass is 318 g/mol. The van der Waals surface area contributed by atoms with Crippen molar-refractivity contribution in [2.24, 2.45) is 0 Å². The number of aromatic amines is 1. The van der Waals surface area contributed by atoms with Crippen molar-refractivity contribution in [1.82, 2.24) is 9.55 Å². The second kappa shape index (κ2) is 6.47. The van der Waals surface area contributed by atoms with E-state index in [1.165, 1.54) is 30.5 Å². The zero-order valence-corrected chi connectivity index (χ0v) is 11.5. The fourth-order valence-electron chi connectivity index (χ4n) is 1.82. The van der Waals surface area contributed by atoms with Crippen LogP contribution in [-0.4, -0.2) is 19.4 Å². The van der Waals surface area contributed by atoms with Gasteiger partial charge in [-0.25, -0.2) is 4.79 Å². The van der Waals surface area contributed by atoms with Crippen molar-refractivity contribution in [1.29, 1.82) is 0 Å². The number of nitro benzene ring substituents is 1. The van der Waals surface area contributed by atoms with Gasteiger partial charge in [-0.1, -0.05) is 12.1 Å². The van der Waals surface area contributed by atoms with E-state index >= 15 is 0 Å². The van der Waals surface area contributed by atoms with Gasteiger partial charge in [0, 0.05) is 24.4 Å². The Balaban J connectivity index is 2.34. The van der Waals surface area contributed by atoms with Crippen molar-refractivity contribution in [2.45, 2.75) is 6.54 Å². The Labute approximate surface area is 127 Å². The third kappa shape index (κ3) is 3.97. The number of rotatable bonds is 5. The molecule has 0 radical (unpaired) electrons. The first-order valence-corrected chi connectivity index (χ1v) is 6.25. The molecular formula is C13H10N4O6. The van der Waals surface area contributed by atoms with Gasteiger partial charge in [-0.05, 0) is 5.56 Å². The summed E-state index contributed by atoms with van der Waals surface area (Å²) in [6.45, 7) is 0.0485. The molecule has 1 aromatic heterocycles. The number of hydrogen-bond acceptors (Lipinski definition) is 6. The topological polar surface area (TPSA) is 141 Å². The number of H-pyrrole nitrogens is 1. The predicted molar refractivity (Wildman–Crippen MR) is 79.5 cm³/mol. The van der Waals surface area contributed by atoms with Crippen LogP contribution in [-0.2, 0) is 6.54 Å². The molecule has 0 aliphatic heterocycles. The zero-order chi connectivity index (χ0) is 17.0. The largest absolute Gasteiger partial charge is 0.328 e. The molecule has 2 aromatic rings. The minimum absolute atomic E-state index is 0.0485. The van der Waals surface area contributed by atoms with Crippen molar-refractivity contribution in [3.63, 3.8) is 0 Å². The van der Waals surface area contributed by atoms with Crippen molar-refractivity contribution in [3.05, 3.63) is 88.9 Å². The zero-order valence-electron chi connectivity index (χ0n) is 11.5. The van der Waals surface area contributed by atoms with Crippen molar-refractivity contribution in [2.75, 3.05) is 0 Å². The number of nitrogens with one attached hydrogen (secondary N) is 1. The Morgan fingerprint density at radius 2 is 1.78 bits per heavy atom. The van der Waals surface area contributed by atoms with E-state index in [0.29, 0.717) is 11.8 Å². The smallest absolute Gasteiger partial charge is 0.296 e. The normalized spacial score (nSPS) is 10.8. The minimum atomic E-state index is -0.743. The van der Waals surface area contributed by atoms with E-state index in [1.807, 2.05) is 0 Å². The van der Waals surface area contributed by atoms with Crippen molar-refractivity contribution in [3.8, 4) is 0 Å². The summed E-state index contributed by atoms with van der Waals surface area (Å²) >= 11 is 0. The molecule has 2 rings (SSSR count). The second-order valence-electron chi connectivity index (χ2n) is 4.50. The SMILES string of the molecule is O=c1[nH]c(=O)n(Cc2ccc([N+](=O)[O-])cc2)cc1/C=C/[N+](=O)[O-]. The molecule has 118 valence electrons. The van der Waals surface area contributed by atoms with Gasteiger partial charge in [0.2, 0.25) is 6.20 Å². The van der Waals surface area contributed by atoms with E-state index in [-0.39, 0.29) is 17.8 Å². The molecule has 0 spiro atoms. The highest BCUT2D eigenvalue weighted by atomic mass is 16.6. The van der Waals surface area contributed by atoms with Crippen LogP contribution in [0.3, 0.4) is 0 Å². The van der Waals surface area contributed by atoms with Gasteiger partial charge in [0.05, 0.1) is 22.0 Å². The Kier molecular flexibility index (Phi) is 4.45. The third-order valence-electron chi connectivity index (χ3n) is 2.91. The molecule has 1 N–H and O–H groups in total. The van der Waals surface area contributed by atoms with E-state index < -0.39 is 21.1 Å². The van der Waals surface area contributed by atoms with Gasteiger partial charge in [-0.2, -0.15) is 0 Å². The fourth-order valence-corrected chi connectivity index (χ4v) is 1.82. The summed E-state index contributed by atoms with van der Waals surface area (Å²) in [6.07, 6.45) is 2.75. The molecule has 10 nitrogen and oxygen atoms in total. The predicted octanol–water partition coefficient (Wildman–Crippen LogP) is 0.740. The van der Waals surface area contributed by atoms with E-state index in [9.17, 15) is 29.8 Å². The molecule has 23 heavy (non-hydrogen) atoms. The quantitative estimate of drug-likeness (QED) is 0.636. The van der Waals surface area contributed by atoms with Gasteiger partial charge in [-0.3, -0.25) is 34.6 Å². The molecule has 0 aliphatic rings. The molecular weight excluding hydrogens is 308 g/mol. The average Bonchev–Trinajstić information content (AvgIpc) is 2.49. The highest BCUT2D eigenvalue weighted by Crippen LogP contribution is 2.12. The van der Waals surface area contributed by atoms with Gasteiger partial charge in [-0.15, -0.1) is 0 Å². The first-order chi connectivity index (χ1) is 10.9. The number of aromatic nitrogens is 2. The van der Waals surface area contributed by atoms with Crippen molar-refractivity contribution < 1.29 is 9.85 Å². The van der Waals surface area contributed by atoms with E-state index in [2.05, 4.69) is 4.98 Å². The summed E-state index contributed by atoms with van der Waals surface area (Å²) in [7, 11) is 0. The molecule has 0 unspecified atom stereocenters. The van der Waals surface area contributed by atoms with Gasteiger partial charge >= 0.3 is 5.69 Å².